The lowest BCUT2D eigenvalue weighted by atomic mass is 9.89. The second-order valence-electron chi connectivity index (χ2n) is 4.50. The van der Waals surface area contributed by atoms with Crippen molar-refractivity contribution in [3.05, 3.63) is 35.9 Å². The molecule has 1 aromatic rings. The summed E-state index contributed by atoms with van der Waals surface area (Å²) in [4.78, 5) is 11.1. The van der Waals surface area contributed by atoms with Gasteiger partial charge in [-0.3, -0.25) is 0 Å². The molecular weight excluding hydrogens is 283 g/mol. The first-order valence-electron chi connectivity index (χ1n) is 6.60. The minimum atomic E-state index is -0.723. The van der Waals surface area contributed by atoms with Crippen LogP contribution in [0.15, 0.2) is 30.3 Å². The first-order chi connectivity index (χ1) is 8.69. The van der Waals surface area contributed by atoms with Gasteiger partial charge in [0.25, 0.3) is 0 Å². The van der Waals surface area contributed by atoms with Gasteiger partial charge in [-0.25, -0.2) is 4.79 Å². The van der Waals surface area contributed by atoms with Crippen LogP contribution < -0.4 is 0 Å². The van der Waals surface area contributed by atoms with Crippen LogP contribution in [-0.4, -0.2) is 5.43 Å². The average Bonchev–Trinajstić information content (AvgIpc) is 2.39. The molecule has 108 valence electrons. The monoisotopic (exact) mass is 304 g/mol. The van der Waals surface area contributed by atoms with E-state index in [4.69, 9.17) is 16.3 Å². The lowest BCUT2D eigenvalue weighted by Crippen LogP contribution is -2.17. The number of unbranched alkanes of at least 4 members (excludes halogenated alkanes) is 1. The maximum absolute atomic E-state index is 11.1. The van der Waals surface area contributed by atoms with E-state index in [9.17, 15) is 4.79 Å². The van der Waals surface area contributed by atoms with Gasteiger partial charge >= 0.3 is 5.43 Å². The molecule has 1 rings (SSSR count). The van der Waals surface area contributed by atoms with Gasteiger partial charge in [0.1, 0.15) is 6.10 Å². The normalized spacial score (nSPS) is 13.2. The predicted molar refractivity (Wildman–Crippen MR) is 82.1 cm³/mol. The van der Waals surface area contributed by atoms with Gasteiger partial charge in [0, 0.05) is 17.5 Å². The molecule has 1 aromatic carbocycles. The van der Waals surface area contributed by atoms with Crippen molar-refractivity contribution >= 4 is 29.4 Å². The van der Waals surface area contributed by atoms with E-state index < -0.39 is 5.43 Å². The minimum Gasteiger partial charge on any atom is -0.445 e. The summed E-state index contributed by atoms with van der Waals surface area (Å²) < 4.78 is 5.31. The summed E-state index contributed by atoms with van der Waals surface area (Å²) in [6, 6.07) is 9.84. The summed E-state index contributed by atoms with van der Waals surface area (Å²) in [5.74, 6) is 0.329. The van der Waals surface area contributed by atoms with E-state index in [1.807, 2.05) is 30.3 Å². The summed E-state index contributed by atoms with van der Waals surface area (Å²) >= 11 is 5.40. The first kappa shape index (κ1) is 18.3. The Morgan fingerprint density at radius 3 is 2.37 bits per heavy atom. The Morgan fingerprint density at radius 2 is 1.89 bits per heavy atom. The van der Waals surface area contributed by atoms with Crippen LogP contribution in [0.1, 0.15) is 51.2 Å². The molecule has 0 saturated heterocycles. The smallest absolute Gasteiger partial charge is 0.404 e. The van der Waals surface area contributed by atoms with Crippen LogP contribution in [0.4, 0.5) is 4.79 Å². The van der Waals surface area contributed by atoms with Crippen LogP contribution >= 0.6 is 24.0 Å². The van der Waals surface area contributed by atoms with Gasteiger partial charge in [0.05, 0.1) is 0 Å². The number of ether oxygens (including phenoxy) is 1. The Kier molecular flexibility index (Phi) is 9.72. The molecule has 4 heteroatoms. The molecule has 2 nitrogen and oxygen atoms in total. The standard InChI is InChI=1S/C15H21ClO2.ClH/c1-3-5-9-12(4-2)14(18-15(16)17)13-10-7-6-8-11-13;/h6-8,10-12,14H,3-5,9H2,1-2H3;1H. The summed E-state index contributed by atoms with van der Waals surface area (Å²) in [7, 11) is 0. The van der Waals surface area contributed by atoms with E-state index in [0.717, 1.165) is 31.2 Å². The minimum absolute atomic E-state index is 0. The molecule has 0 aliphatic heterocycles. The SMILES string of the molecule is CCCCC(CC)C(OC(=O)Cl)c1ccccc1.Cl. The highest BCUT2D eigenvalue weighted by Gasteiger charge is 2.24. The third-order valence-electron chi connectivity index (χ3n) is 3.23. The fraction of sp³-hybridized carbons (Fsp3) is 0.533. The van der Waals surface area contributed by atoms with Crippen molar-refractivity contribution < 1.29 is 9.53 Å². The Bertz CT molecular complexity index is 354. The lowest BCUT2D eigenvalue weighted by Gasteiger charge is -2.25. The van der Waals surface area contributed by atoms with Crippen molar-refractivity contribution in [2.75, 3.05) is 0 Å². The van der Waals surface area contributed by atoms with E-state index in [1.165, 1.54) is 0 Å². The van der Waals surface area contributed by atoms with Gasteiger partial charge in [0.15, 0.2) is 0 Å². The molecule has 0 spiro atoms. The van der Waals surface area contributed by atoms with Gasteiger partial charge in [-0.2, -0.15) is 0 Å². The third-order valence-corrected chi connectivity index (χ3v) is 3.32. The molecule has 0 fully saturated rings. The number of halogens is 2. The van der Waals surface area contributed by atoms with E-state index in [-0.39, 0.29) is 18.5 Å². The number of carbonyl (C=O) groups excluding carboxylic acids is 1. The Morgan fingerprint density at radius 1 is 1.26 bits per heavy atom. The second-order valence-corrected chi connectivity index (χ2v) is 4.81. The highest BCUT2D eigenvalue weighted by atomic mass is 35.5. The van der Waals surface area contributed by atoms with Crippen molar-refractivity contribution in [3.8, 4) is 0 Å². The number of rotatable bonds is 7. The maximum Gasteiger partial charge on any atom is 0.404 e. The summed E-state index contributed by atoms with van der Waals surface area (Å²) in [6.45, 7) is 4.29. The molecule has 19 heavy (non-hydrogen) atoms. The Hall–Kier alpha value is -0.730. The van der Waals surface area contributed by atoms with Crippen LogP contribution in [0, 0.1) is 5.92 Å². The van der Waals surface area contributed by atoms with Crippen molar-refractivity contribution in [1.29, 1.82) is 0 Å². The number of benzene rings is 1. The average molecular weight is 305 g/mol. The molecule has 0 radical (unpaired) electrons. The highest BCUT2D eigenvalue weighted by Crippen LogP contribution is 2.32. The zero-order valence-electron chi connectivity index (χ0n) is 11.5. The zero-order valence-corrected chi connectivity index (χ0v) is 13.0. The molecule has 0 aliphatic rings. The number of hydrogen-bond acceptors (Lipinski definition) is 2. The molecule has 0 saturated carbocycles. The molecule has 0 amide bonds. The second kappa shape index (κ2) is 10.1. The van der Waals surface area contributed by atoms with Gasteiger partial charge in [-0.05, 0) is 18.4 Å². The molecule has 0 N–H and O–H groups in total. The zero-order chi connectivity index (χ0) is 13.4. The number of hydrogen-bond donors (Lipinski definition) is 0. The summed E-state index contributed by atoms with van der Waals surface area (Å²) in [6.07, 6.45) is 4.09. The summed E-state index contributed by atoms with van der Waals surface area (Å²) in [5, 5.41) is 0. The lowest BCUT2D eigenvalue weighted by molar-refractivity contribution is 0.0734. The molecule has 0 aromatic heterocycles. The first-order valence-corrected chi connectivity index (χ1v) is 6.97. The molecule has 0 heterocycles. The van der Waals surface area contributed by atoms with Crippen LogP contribution in [0.25, 0.3) is 0 Å². The largest absolute Gasteiger partial charge is 0.445 e. The van der Waals surface area contributed by atoms with Crippen molar-refractivity contribution in [3.63, 3.8) is 0 Å². The molecule has 2 unspecified atom stereocenters. The fourth-order valence-corrected chi connectivity index (χ4v) is 2.31. The Labute approximate surface area is 126 Å². The van der Waals surface area contributed by atoms with Gasteiger partial charge < -0.3 is 4.74 Å². The van der Waals surface area contributed by atoms with Crippen LogP contribution in [-0.2, 0) is 4.74 Å². The van der Waals surface area contributed by atoms with Crippen LogP contribution in [0.3, 0.4) is 0 Å². The van der Waals surface area contributed by atoms with Gasteiger partial charge in [0.2, 0.25) is 0 Å². The fourth-order valence-electron chi connectivity index (χ4n) is 2.21. The van der Waals surface area contributed by atoms with Gasteiger partial charge in [-0.15, -0.1) is 12.4 Å². The molecule has 2 atom stereocenters. The third kappa shape index (κ3) is 6.31. The number of carbonyl (C=O) groups is 1. The predicted octanol–water partition coefficient (Wildman–Crippen LogP) is 5.74. The maximum atomic E-state index is 11.1. The molecular formula is C15H22Cl2O2. The van der Waals surface area contributed by atoms with E-state index in [0.29, 0.717) is 5.92 Å². The van der Waals surface area contributed by atoms with Crippen molar-refractivity contribution in [1.82, 2.24) is 0 Å². The van der Waals surface area contributed by atoms with E-state index in [1.54, 1.807) is 0 Å². The van der Waals surface area contributed by atoms with Crippen LogP contribution in [0.5, 0.6) is 0 Å². The quantitative estimate of drug-likeness (QED) is 0.600. The van der Waals surface area contributed by atoms with Crippen LogP contribution in [0.2, 0.25) is 0 Å². The van der Waals surface area contributed by atoms with Crippen molar-refractivity contribution in [2.24, 2.45) is 5.92 Å². The van der Waals surface area contributed by atoms with E-state index in [2.05, 4.69) is 13.8 Å². The summed E-state index contributed by atoms with van der Waals surface area (Å²) in [5.41, 5.74) is 0.299. The topological polar surface area (TPSA) is 26.3 Å². The Balaban J connectivity index is 0.00000324. The highest BCUT2D eigenvalue weighted by molar-refractivity contribution is 6.61. The van der Waals surface area contributed by atoms with Crippen molar-refractivity contribution in [2.45, 2.75) is 45.6 Å². The van der Waals surface area contributed by atoms with E-state index >= 15 is 0 Å². The van der Waals surface area contributed by atoms with Gasteiger partial charge in [-0.1, -0.05) is 57.0 Å². The molecule has 0 bridgehead atoms. The molecule has 0 aliphatic carbocycles.